The molecule has 0 aliphatic carbocycles. The standard InChI is InChI=1S/C20H22ClNO3/c1-12-7-9-15(10-8-12)11-16(20(24)25)13(2)19(23)22-18-6-4-5-17(21)14(18)3/h4-10,13,16H,11H2,1-3H3,(H,22,23)(H,24,25)/t13-,16-/m1/s1. The molecule has 2 aromatic rings. The number of rotatable bonds is 6. The molecule has 25 heavy (non-hydrogen) atoms. The predicted molar refractivity (Wildman–Crippen MR) is 100.0 cm³/mol. The van der Waals surface area contributed by atoms with E-state index in [2.05, 4.69) is 5.32 Å². The van der Waals surface area contributed by atoms with Crippen molar-refractivity contribution in [1.29, 1.82) is 0 Å². The second kappa shape index (κ2) is 8.17. The van der Waals surface area contributed by atoms with Gasteiger partial charge >= 0.3 is 5.97 Å². The Kier molecular flexibility index (Phi) is 6.21. The number of benzene rings is 2. The van der Waals surface area contributed by atoms with Gasteiger partial charge in [-0.15, -0.1) is 0 Å². The first-order valence-electron chi connectivity index (χ1n) is 8.14. The molecule has 5 heteroatoms. The van der Waals surface area contributed by atoms with Crippen molar-refractivity contribution in [1.82, 2.24) is 0 Å². The largest absolute Gasteiger partial charge is 0.481 e. The summed E-state index contributed by atoms with van der Waals surface area (Å²) in [6, 6.07) is 12.9. The number of hydrogen-bond donors (Lipinski definition) is 2. The van der Waals surface area contributed by atoms with Crippen LogP contribution in [0.5, 0.6) is 0 Å². The van der Waals surface area contributed by atoms with Crippen molar-refractivity contribution in [2.24, 2.45) is 11.8 Å². The van der Waals surface area contributed by atoms with E-state index in [0.29, 0.717) is 17.1 Å². The summed E-state index contributed by atoms with van der Waals surface area (Å²) >= 11 is 6.06. The summed E-state index contributed by atoms with van der Waals surface area (Å²) in [5, 5.41) is 12.9. The van der Waals surface area contributed by atoms with Crippen molar-refractivity contribution in [3.63, 3.8) is 0 Å². The van der Waals surface area contributed by atoms with Gasteiger partial charge in [-0.1, -0.05) is 54.4 Å². The van der Waals surface area contributed by atoms with Gasteiger partial charge in [0.1, 0.15) is 0 Å². The number of nitrogens with one attached hydrogen (secondary N) is 1. The van der Waals surface area contributed by atoms with Crippen molar-refractivity contribution in [2.45, 2.75) is 27.2 Å². The molecule has 0 fully saturated rings. The number of halogens is 1. The fraction of sp³-hybridized carbons (Fsp3) is 0.300. The molecule has 0 saturated carbocycles. The summed E-state index contributed by atoms with van der Waals surface area (Å²) in [5.41, 5.74) is 3.37. The Morgan fingerprint density at radius 1 is 1.12 bits per heavy atom. The Hall–Kier alpha value is -2.33. The van der Waals surface area contributed by atoms with Gasteiger partial charge < -0.3 is 10.4 Å². The van der Waals surface area contributed by atoms with Gasteiger partial charge in [-0.3, -0.25) is 9.59 Å². The van der Waals surface area contributed by atoms with Crippen molar-refractivity contribution < 1.29 is 14.7 Å². The van der Waals surface area contributed by atoms with Crippen LogP contribution in [0.4, 0.5) is 5.69 Å². The summed E-state index contributed by atoms with van der Waals surface area (Å²) in [4.78, 5) is 24.2. The molecule has 4 nitrogen and oxygen atoms in total. The van der Waals surface area contributed by atoms with E-state index in [4.69, 9.17) is 11.6 Å². The molecule has 2 rings (SSSR count). The molecule has 0 aliphatic rings. The minimum atomic E-state index is -0.981. The van der Waals surface area contributed by atoms with Crippen LogP contribution in [0.3, 0.4) is 0 Å². The average Bonchev–Trinajstić information content (AvgIpc) is 2.57. The van der Waals surface area contributed by atoms with Crippen LogP contribution in [0, 0.1) is 25.7 Å². The maximum atomic E-state index is 12.5. The highest BCUT2D eigenvalue weighted by atomic mass is 35.5. The van der Waals surface area contributed by atoms with E-state index in [9.17, 15) is 14.7 Å². The molecular weight excluding hydrogens is 338 g/mol. The SMILES string of the molecule is Cc1ccc(C[C@@H](C(=O)O)[C@@H](C)C(=O)Nc2cccc(Cl)c2C)cc1. The zero-order valence-electron chi connectivity index (χ0n) is 14.5. The summed E-state index contributed by atoms with van der Waals surface area (Å²) < 4.78 is 0. The molecule has 0 bridgehead atoms. The summed E-state index contributed by atoms with van der Waals surface area (Å²) in [7, 11) is 0. The van der Waals surface area contributed by atoms with E-state index in [1.54, 1.807) is 25.1 Å². The fourth-order valence-corrected chi connectivity index (χ4v) is 2.80. The maximum absolute atomic E-state index is 12.5. The molecule has 0 spiro atoms. The summed E-state index contributed by atoms with van der Waals surface area (Å²) in [6.45, 7) is 5.42. The predicted octanol–water partition coefficient (Wildman–Crippen LogP) is 4.47. The number of amides is 1. The summed E-state index contributed by atoms with van der Waals surface area (Å²) in [5.74, 6) is -2.80. The van der Waals surface area contributed by atoms with E-state index in [1.165, 1.54) is 0 Å². The first-order valence-corrected chi connectivity index (χ1v) is 8.51. The van der Waals surface area contributed by atoms with Gasteiger partial charge in [0.05, 0.1) is 5.92 Å². The third-order valence-electron chi connectivity index (χ3n) is 4.44. The second-order valence-electron chi connectivity index (χ2n) is 6.32. The van der Waals surface area contributed by atoms with Crippen molar-refractivity contribution in [2.75, 3.05) is 5.32 Å². The number of carboxylic acid groups (broad SMARTS) is 1. The average molecular weight is 360 g/mol. The third-order valence-corrected chi connectivity index (χ3v) is 4.85. The van der Waals surface area contributed by atoms with Gasteiger partial charge in [-0.25, -0.2) is 0 Å². The van der Waals surface area contributed by atoms with E-state index in [1.807, 2.05) is 38.1 Å². The summed E-state index contributed by atoms with van der Waals surface area (Å²) in [6.07, 6.45) is 0.304. The number of carboxylic acids is 1. The smallest absolute Gasteiger partial charge is 0.307 e. The van der Waals surface area contributed by atoms with E-state index >= 15 is 0 Å². The normalized spacial score (nSPS) is 13.1. The van der Waals surface area contributed by atoms with Crippen molar-refractivity contribution >= 4 is 29.2 Å². The number of carbonyl (C=O) groups excluding carboxylic acids is 1. The molecule has 0 unspecified atom stereocenters. The van der Waals surface area contributed by atoms with E-state index in [0.717, 1.165) is 16.7 Å². The van der Waals surface area contributed by atoms with Crippen LogP contribution in [0.2, 0.25) is 5.02 Å². The number of anilines is 1. The zero-order valence-corrected chi connectivity index (χ0v) is 15.3. The van der Waals surface area contributed by atoms with Gasteiger partial charge in [-0.2, -0.15) is 0 Å². The number of hydrogen-bond acceptors (Lipinski definition) is 2. The van der Waals surface area contributed by atoms with Crippen LogP contribution in [0.25, 0.3) is 0 Å². The molecular formula is C20H22ClNO3. The van der Waals surface area contributed by atoms with Gasteiger partial charge in [0.15, 0.2) is 0 Å². The van der Waals surface area contributed by atoms with Gasteiger partial charge in [0, 0.05) is 16.6 Å². The molecule has 2 atom stereocenters. The lowest BCUT2D eigenvalue weighted by molar-refractivity contribution is -0.145. The molecule has 0 aromatic heterocycles. The van der Waals surface area contributed by atoms with Crippen LogP contribution in [-0.4, -0.2) is 17.0 Å². The molecule has 0 radical (unpaired) electrons. The number of aryl methyl sites for hydroxylation is 1. The Morgan fingerprint density at radius 2 is 1.76 bits per heavy atom. The zero-order chi connectivity index (χ0) is 18.6. The second-order valence-corrected chi connectivity index (χ2v) is 6.73. The lowest BCUT2D eigenvalue weighted by Crippen LogP contribution is -2.33. The van der Waals surface area contributed by atoms with Crippen LogP contribution in [-0.2, 0) is 16.0 Å². The molecule has 0 aliphatic heterocycles. The van der Waals surface area contributed by atoms with E-state index in [-0.39, 0.29) is 5.91 Å². The Bertz CT molecular complexity index is 771. The first kappa shape index (κ1) is 19.0. The fourth-order valence-electron chi connectivity index (χ4n) is 2.63. The monoisotopic (exact) mass is 359 g/mol. The van der Waals surface area contributed by atoms with Gasteiger partial charge in [0.25, 0.3) is 0 Å². The Labute approximate surface area is 152 Å². The van der Waals surface area contributed by atoms with Gasteiger partial charge in [-0.05, 0) is 43.5 Å². The van der Waals surface area contributed by atoms with Crippen LogP contribution in [0.15, 0.2) is 42.5 Å². The third kappa shape index (κ3) is 4.83. The lowest BCUT2D eigenvalue weighted by atomic mass is 9.87. The molecule has 0 heterocycles. The lowest BCUT2D eigenvalue weighted by Gasteiger charge is -2.20. The topological polar surface area (TPSA) is 66.4 Å². The Balaban J connectivity index is 2.14. The van der Waals surface area contributed by atoms with Crippen LogP contribution >= 0.6 is 11.6 Å². The van der Waals surface area contributed by atoms with Crippen molar-refractivity contribution in [3.8, 4) is 0 Å². The highest BCUT2D eigenvalue weighted by molar-refractivity contribution is 6.31. The molecule has 132 valence electrons. The highest BCUT2D eigenvalue weighted by Gasteiger charge is 2.30. The minimum absolute atomic E-state index is 0.304. The molecule has 2 aromatic carbocycles. The highest BCUT2D eigenvalue weighted by Crippen LogP contribution is 2.25. The maximum Gasteiger partial charge on any atom is 0.307 e. The molecule has 2 N–H and O–H groups in total. The first-order chi connectivity index (χ1) is 11.8. The minimum Gasteiger partial charge on any atom is -0.481 e. The van der Waals surface area contributed by atoms with Gasteiger partial charge in [0.2, 0.25) is 5.91 Å². The van der Waals surface area contributed by atoms with Crippen LogP contribution < -0.4 is 5.32 Å². The van der Waals surface area contributed by atoms with Crippen molar-refractivity contribution in [3.05, 3.63) is 64.2 Å². The number of aliphatic carboxylic acids is 1. The van der Waals surface area contributed by atoms with Crippen LogP contribution in [0.1, 0.15) is 23.6 Å². The number of carbonyl (C=O) groups is 2. The Morgan fingerprint density at radius 3 is 2.36 bits per heavy atom. The molecule has 0 saturated heterocycles. The molecule has 1 amide bonds. The quantitative estimate of drug-likeness (QED) is 0.799. The van der Waals surface area contributed by atoms with E-state index < -0.39 is 17.8 Å².